The molecule has 0 unspecified atom stereocenters. The normalized spacial score (nSPS) is 19.5. The number of nitrogens with zero attached hydrogens (tertiary/aromatic N) is 3. The lowest BCUT2D eigenvalue weighted by molar-refractivity contribution is 0.0935. The van der Waals surface area contributed by atoms with Crippen molar-refractivity contribution in [3.63, 3.8) is 0 Å². The first kappa shape index (κ1) is 17.7. The molecule has 1 aromatic carbocycles. The first-order valence-electron chi connectivity index (χ1n) is 7.88. The second-order valence-electron chi connectivity index (χ2n) is 5.95. The molecule has 2 atom stereocenters. The summed E-state index contributed by atoms with van der Waals surface area (Å²) in [6, 6.07) is 11.1. The number of benzene rings is 1. The second kappa shape index (κ2) is 7.42. The molecule has 5 nitrogen and oxygen atoms in total. The van der Waals surface area contributed by atoms with Crippen molar-refractivity contribution in [2.75, 3.05) is 11.4 Å². The van der Waals surface area contributed by atoms with Gasteiger partial charge < -0.3 is 10.2 Å². The fourth-order valence-electron chi connectivity index (χ4n) is 3.03. The largest absolute Gasteiger partial charge is 0.367 e. The maximum atomic E-state index is 12.4. The van der Waals surface area contributed by atoms with Crippen LogP contribution in [0.2, 0.25) is 5.02 Å². The lowest BCUT2D eigenvalue weighted by atomic mass is 10.1. The second-order valence-corrected chi connectivity index (χ2v) is 7.17. The van der Waals surface area contributed by atoms with Crippen LogP contribution in [0.25, 0.3) is 0 Å². The van der Waals surface area contributed by atoms with Gasteiger partial charge >= 0.3 is 0 Å². The Morgan fingerprint density at radius 1 is 1.44 bits per heavy atom. The number of aromatic nitrogens is 1. The van der Waals surface area contributed by atoms with E-state index in [-0.39, 0.29) is 18.0 Å². The molecule has 1 amide bonds. The molecule has 7 heteroatoms. The van der Waals surface area contributed by atoms with Crippen molar-refractivity contribution in [3.8, 4) is 6.07 Å². The minimum atomic E-state index is -0.128. The van der Waals surface area contributed by atoms with E-state index in [1.807, 2.05) is 6.07 Å². The Balaban J connectivity index is 1.70. The van der Waals surface area contributed by atoms with E-state index in [9.17, 15) is 4.79 Å². The lowest BCUT2D eigenvalue weighted by Crippen LogP contribution is -2.43. The van der Waals surface area contributed by atoms with Crippen LogP contribution in [0, 0.1) is 11.3 Å². The van der Waals surface area contributed by atoms with E-state index in [0.29, 0.717) is 20.8 Å². The molecule has 0 saturated carbocycles. The molecule has 1 aliphatic rings. The first-order chi connectivity index (χ1) is 12.0. The van der Waals surface area contributed by atoms with E-state index in [2.05, 4.69) is 44.1 Å². The highest BCUT2D eigenvalue weighted by Gasteiger charge is 2.32. The molecule has 25 heavy (non-hydrogen) atoms. The molecular weight excluding hydrogens is 404 g/mol. The van der Waals surface area contributed by atoms with E-state index in [1.165, 1.54) is 0 Å². The Kier molecular flexibility index (Phi) is 5.26. The Labute approximate surface area is 159 Å². The summed E-state index contributed by atoms with van der Waals surface area (Å²) in [5.74, 6) is -0.128. The van der Waals surface area contributed by atoms with Crippen molar-refractivity contribution in [1.82, 2.24) is 10.3 Å². The maximum Gasteiger partial charge on any atom is 0.253 e. The summed E-state index contributed by atoms with van der Waals surface area (Å²) in [6.45, 7) is 2.89. The Morgan fingerprint density at radius 3 is 2.88 bits per heavy atom. The van der Waals surface area contributed by atoms with Crippen LogP contribution in [-0.4, -0.2) is 29.5 Å². The van der Waals surface area contributed by atoms with Gasteiger partial charge in [0.15, 0.2) is 0 Å². The molecule has 0 aliphatic carbocycles. The molecule has 1 saturated heterocycles. The number of hydrogen-bond donors (Lipinski definition) is 1. The molecule has 0 spiro atoms. The number of nitriles is 1. The van der Waals surface area contributed by atoms with Gasteiger partial charge in [0.05, 0.1) is 22.2 Å². The molecule has 3 rings (SSSR count). The average Bonchev–Trinajstić information content (AvgIpc) is 2.96. The summed E-state index contributed by atoms with van der Waals surface area (Å²) < 4.78 is 0.696. The van der Waals surface area contributed by atoms with Crippen molar-refractivity contribution in [1.29, 1.82) is 5.26 Å². The zero-order valence-corrected chi connectivity index (χ0v) is 15.9. The monoisotopic (exact) mass is 418 g/mol. The van der Waals surface area contributed by atoms with Crippen molar-refractivity contribution in [3.05, 3.63) is 57.3 Å². The van der Waals surface area contributed by atoms with Crippen molar-refractivity contribution in [2.45, 2.75) is 25.4 Å². The van der Waals surface area contributed by atoms with Crippen molar-refractivity contribution >= 4 is 39.1 Å². The standard InChI is InChI=1S/C18H16BrClN4O/c1-11-16(23-18(25)13-3-5-17(19)22-10-13)6-7-24(11)14-4-2-12(9-21)15(20)8-14/h2-5,8,10-11,16H,6-7H2,1H3,(H,23,25)/t11-,16-/m0/s1. The zero-order valence-electron chi connectivity index (χ0n) is 13.5. The number of nitrogens with one attached hydrogen (secondary N) is 1. The molecule has 1 aliphatic heterocycles. The van der Waals surface area contributed by atoms with Crippen LogP contribution >= 0.6 is 27.5 Å². The summed E-state index contributed by atoms with van der Waals surface area (Å²) in [7, 11) is 0. The Bertz CT molecular complexity index is 834. The molecule has 1 fully saturated rings. The summed E-state index contributed by atoms with van der Waals surface area (Å²) in [5.41, 5.74) is 1.96. The van der Waals surface area contributed by atoms with Crippen LogP contribution in [0.1, 0.15) is 29.3 Å². The maximum absolute atomic E-state index is 12.4. The number of carbonyl (C=O) groups excluding carboxylic acids is 1. The molecule has 128 valence electrons. The quantitative estimate of drug-likeness (QED) is 0.769. The van der Waals surface area contributed by atoms with Crippen LogP contribution < -0.4 is 10.2 Å². The van der Waals surface area contributed by atoms with Crippen molar-refractivity contribution in [2.24, 2.45) is 0 Å². The summed E-state index contributed by atoms with van der Waals surface area (Å²) in [6.07, 6.45) is 2.39. The van der Waals surface area contributed by atoms with Gasteiger partial charge in [-0.3, -0.25) is 4.79 Å². The molecule has 0 radical (unpaired) electrons. The Hall–Kier alpha value is -2.10. The van der Waals surface area contributed by atoms with Gasteiger partial charge in [0, 0.05) is 24.5 Å². The number of anilines is 1. The lowest BCUT2D eigenvalue weighted by Gasteiger charge is -2.27. The first-order valence-corrected chi connectivity index (χ1v) is 9.05. The predicted octanol–water partition coefficient (Wildman–Crippen LogP) is 3.77. The predicted molar refractivity (Wildman–Crippen MR) is 101 cm³/mol. The third-order valence-corrected chi connectivity index (χ3v) is 5.25. The highest BCUT2D eigenvalue weighted by molar-refractivity contribution is 9.10. The molecule has 2 heterocycles. The van der Waals surface area contributed by atoms with Gasteiger partial charge in [-0.05, 0) is 59.6 Å². The number of hydrogen-bond acceptors (Lipinski definition) is 4. The van der Waals surface area contributed by atoms with Gasteiger partial charge in [-0.1, -0.05) is 11.6 Å². The third kappa shape index (κ3) is 3.78. The van der Waals surface area contributed by atoms with Gasteiger partial charge in [0.25, 0.3) is 5.91 Å². The van der Waals surface area contributed by atoms with Gasteiger partial charge in [-0.2, -0.15) is 5.26 Å². The van der Waals surface area contributed by atoms with E-state index in [1.54, 1.807) is 30.5 Å². The fraction of sp³-hybridized carbons (Fsp3) is 0.278. The smallest absolute Gasteiger partial charge is 0.253 e. The molecule has 1 N–H and O–H groups in total. The van der Waals surface area contributed by atoms with Crippen LogP contribution in [0.15, 0.2) is 41.1 Å². The minimum absolute atomic E-state index is 0.0329. The number of amides is 1. The number of rotatable bonds is 3. The zero-order chi connectivity index (χ0) is 18.0. The van der Waals surface area contributed by atoms with Crippen LogP contribution in [0.5, 0.6) is 0 Å². The van der Waals surface area contributed by atoms with Gasteiger partial charge in [-0.25, -0.2) is 4.98 Å². The van der Waals surface area contributed by atoms with Crippen LogP contribution in [-0.2, 0) is 0 Å². The number of pyridine rings is 1. The van der Waals surface area contributed by atoms with E-state index < -0.39 is 0 Å². The van der Waals surface area contributed by atoms with Crippen molar-refractivity contribution < 1.29 is 4.79 Å². The summed E-state index contributed by atoms with van der Waals surface area (Å²) in [5, 5.41) is 12.5. The molecule has 1 aromatic heterocycles. The molecule has 0 bridgehead atoms. The third-order valence-electron chi connectivity index (χ3n) is 4.47. The van der Waals surface area contributed by atoms with Crippen LogP contribution in [0.3, 0.4) is 0 Å². The van der Waals surface area contributed by atoms with Crippen LogP contribution in [0.4, 0.5) is 5.69 Å². The van der Waals surface area contributed by atoms with E-state index in [4.69, 9.17) is 16.9 Å². The minimum Gasteiger partial charge on any atom is -0.367 e. The highest BCUT2D eigenvalue weighted by Crippen LogP contribution is 2.29. The topological polar surface area (TPSA) is 69.0 Å². The fourth-order valence-corrected chi connectivity index (χ4v) is 3.48. The highest BCUT2D eigenvalue weighted by atomic mass is 79.9. The summed E-state index contributed by atoms with van der Waals surface area (Å²) >= 11 is 9.40. The Morgan fingerprint density at radius 2 is 2.24 bits per heavy atom. The number of halogens is 2. The molecular formula is C18H16BrClN4O. The molecule has 2 aromatic rings. The SMILES string of the molecule is C[C@H]1[C@@H](NC(=O)c2ccc(Br)nc2)CCN1c1ccc(C#N)c(Cl)c1. The van der Waals surface area contributed by atoms with E-state index >= 15 is 0 Å². The average molecular weight is 420 g/mol. The van der Waals surface area contributed by atoms with Gasteiger partial charge in [0.1, 0.15) is 10.7 Å². The van der Waals surface area contributed by atoms with Gasteiger partial charge in [-0.15, -0.1) is 0 Å². The van der Waals surface area contributed by atoms with E-state index in [0.717, 1.165) is 18.7 Å². The summed E-state index contributed by atoms with van der Waals surface area (Å²) in [4.78, 5) is 18.7. The van der Waals surface area contributed by atoms with Gasteiger partial charge in [0.2, 0.25) is 0 Å². The number of carbonyl (C=O) groups is 1.